The summed E-state index contributed by atoms with van der Waals surface area (Å²) in [6, 6.07) is 11.5. The average molecular weight is 718 g/mol. The molecule has 1 fully saturated rings. The zero-order chi connectivity index (χ0) is 37.0. The van der Waals surface area contributed by atoms with E-state index in [2.05, 4.69) is 108 Å². The molecule has 2 aromatic carbocycles. The zero-order valence-corrected chi connectivity index (χ0v) is 34.7. The molecule has 0 bridgehead atoms. The molecule has 2 heterocycles. The first-order valence-electron chi connectivity index (χ1n) is 20.7. The molecule has 0 saturated carbocycles. The lowest BCUT2D eigenvalue weighted by Gasteiger charge is -2.33. The maximum atomic E-state index is 13.9. The fourth-order valence-electron chi connectivity index (χ4n) is 9.25. The van der Waals surface area contributed by atoms with Crippen LogP contribution in [0.25, 0.3) is 11.6 Å². The molecule has 0 aromatic heterocycles. The van der Waals surface area contributed by atoms with Gasteiger partial charge in [0.05, 0.1) is 19.2 Å². The molecule has 51 heavy (non-hydrogen) atoms. The lowest BCUT2D eigenvalue weighted by Crippen LogP contribution is -2.51. The number of rotatable bonds is 20. The van der Waals surface area contributed by atoms with Crippen molar-refractivity contribution in [2.45, 2.75) is 161 Å². The number of nitrogens with zero attached hydrogens (tertiary/aromatic N) is 3. The summed E-state index contributed by atoms with van der Waals surface area (Å²) >= 11 is 0. The molecule has 5 rings (SSSR count). The second kappa shape index (κ2) is 16.3. The van der Waals surface area contributed by atoms with Crippen molar-refractivity contribution in [2.24, 2.45) is 0 Å². The minimum Gasteiger partial charge on any atom is -0.378 e. The van der Waals surface area contributed by atoms with Gasteiger partial charge in [0.1, 0.15) is 6.54 Å². The molecule has 0 spiro atoms. The van der Waals surface area contributed by atoms with Crippen LogP contribution in [0.1, 0.15) is 167 Å². The number of fused-ring (bicyclic) bond motifs is 3. The first-order chi connectivity index (χ1) is 24.2. The summed E-state index contributed by atoms with van der Waals surface area (Å²) in [5.41, 5.74) is 6.72. The van der Waals surface area contributed by atoms with Gasteiger partial charge in [0.2, 0.25) is 5.36 Å². The molecule has 2 unspecified atom stereocenters. The van der Waals surface area contributed by atoms with Crippen molar-refractivity contribution in [3.8, 4) is 0 Å². The van der Waals surface area contributed by atoms with Gasteiger partial charge in [0.15, 0.2) is 5.54 Å². The summed E-state index contributed by atoms with van der Waals surface area (Å²) < 4.78 is 30.5. The van der Waals surface area contributed by atoms with Crippen molar-refractivity contribution in [1.82, 2.24) is 4.58 Å². The summed E-state index contributed by atoms with van der Waals surface area (Å²) in [4.78, 5) is 2.17. The normalized spacial score (nSPS) is 22.0. The molecule has 2 aromatic rings. The van der Waals surface area contributed by atoms with Crippen molar-refractivity contribution in [1.29, 1.82) is 0 Å². The Hall–Kier alpha value is -2.44. The first kappa shape index (κ1) is 39.8. The third kappa shape index (κ3) is 8.22. The molecule has 5 nitrogen and oxygen atoms in total. The maximum absolute atomic E-state index is 13.9. The van der Waals surface area contributed by atoms with Crippen LogP contribution in [0.2, 0.25) is 0 Å². The van der Waals surface area contributed by atoms with E-state index in [-0.39, 0.29) is 14.8 Å². The van der Waals surface area contributed by atoms with E-state index < -0.39 is 15.4 Å². The topological polar surface area (TPSA) is 40.4 Å². The fourth-order valence-corrected chi connectivity index (χ4v) is 11.4. The molecule has 1 saturated heterocycles. The van der Waals surface area contributed by atoms with Gasteiger partial charge in [-0.25, -0.2) is 4.58 Å². The number of sulfonamides is 1. The van der Waals surface area contributed by atoms with Crippen LogP contribution in [0.5, 0.6) is 0 Å². The Morgan fingerprint density at radius 2 is 1.29 bits per heavy atom. The predicted octanol–water partition coefficient (Wildman–Crippen LogP) is 9.28. The van der Waals surface area contributed by atoms with Crippen molar-refractivity contribution in [3.05, 3.63) is 69.2 Å². The van der Waals surface area contributed by atoms with Gasteiger partial charge in [-0.1, -0.05) is 117 Å². The predicted molar refractivity (Wildman–Crippen MR) is 219 cm³/mol. The number of hydrogen-bond acceptors (Lipinski definition) is 3. The molecule has 2 aliphatic heterocycles. The van der Waals surface area contributed by atoms with Crippen LogP contribution in [-0.4, -0.2) is 57.5 Å². The molecule has 1 aliphatic carbocycles. The standard InChI is InChI=1S/C45H71N3O2S/c1-10-12-13-14-15-16-17-18-19-20-21-22-23-24-25-26-29-48(9)43(51(48,49)50)39-34-44(3,4)47(11-2)42-33-41-36(31-38(39)42)30-35-27-28-37(46(7)8)32-40(35)45(41,5)6/h27-28,30-34,43H,10-26,29H2,1-9H3/q+2. The fraction of sp³-hybridized carbons (Fsp3) is 0.667. The SMILES string of the molecule is CCCCCCCCCCCCCCCCCC[N+]1(C)C(C2=CC(C)(C)[N+](CC)=c3cc4c(cc32)=Cc2ccc(N(C)C)cc2C4(C)C)S1(=O)=O. The summed E-state index contributed by atoms with van der Waals surface area (Å²) in [5, 5.41) is 1.88. The van der Waals surface area contributed by atoms with Crippen LogP contribution >= 0.6 is 0 Å². The van der Waals surface area contributed by atoms with E-state index >= 15 is 0 Å². The van der Waals surface area contributed by atoms with Crippen LogP contribution in [0.3, 0.4) is 0 Å². The maximum Gasteiger partial charge on any atom is 0.357 e. The molecular formula is C45H71N3O2S+2. The minimum atomic E-state index is -3.31. The van der Waals surface area contributed by atoms with Crippen LogP contribution < -0.4 is 20.1 Å². The van der Waals surface area contributed by atoms with Crippen molar-refractivity contribution in [2.75, 3.05) is 39.1 Å². The molecule has 6 heteroatoms. The number of likely N-dealkylation sites (N-methyl/N-ethyl adjacent to an activating group) is 2. The van der Waals surface area contributed by atoms with Crippen LogP contribution in [-0.2, 0) is 15.4 Å². The number of benzene rings is 2. The van der Waals surface area contributed by atoms with Gasteiger partial charge in [-0.2, -0.15) is 12.3 Å². The summed E-state index contributed by atoms with van der Waals surface area (Å²) in [6.45, 7) is 15.2. The van der Waals surface area contributed by atoms with Gasteiger partial charge in [0.25, 0.3) is 5.37 Å². The van der Waals surface area contributed by atoms with Gasteiger partial charge < -0.3 is 4.90 Å². The Labute approximate surface area is 312 Å². The highest BCUT2D eigenvalue weighted by Gasteiger charge is 2.73. The largest absolute Gasteiger partial charge is 0.378 e. The highest BCUT2D eigenvalue weighted by molar-refractivity contribution is 7.92. The second-order valence-electron chi connectivity index (χ2n) is 17.5. The molecular weight excluding hydrogens is 647 g/mol. The molecule has 0 N–H and O–H groups in total. The number of anilines is 1. The number of hydrogen-bond donors (Lipinski definition) is 0. The average Bonchev–Trinajstić information content (AvgIpc) is 3.52. The summed E-state index contributed by atoms with van der Waals surface area (Å²) in [6.07, 6.45) is 25.8. The van der Waals surface area contributed by atoms with Gasteiger partial charge in [-0.3, -0.25) is 0 Å². The number of unbranched alkanes of at least 4 members (excludes halogenated alkanes) is 15. The number of quaternary nitrogens is 1. The van der Waals surface area contributed by atoms with Crippen molar-refractivity contribution in [3.63, 3.8) is 0 Å². The molecule has 0 amide bonds. The van der Waals surface area contributed by atoms with Gasteiger partial charge in [0, 0.05) is 50.7 Å². The van der Waals surface area contributed by atoms with Crippen molar-refractivity contribution >= 4 is 27.4 Å². The summed E-state index contributed by atoms with van der Waals surface area (Å²) in [7, 11) is 2.86. The highest BCUT2D eigenvalue weighted by Crippen LogP contribution is 2.49. The van der Waals surface area contributed by atoms with E-state index in [0.717, 1.165) is 30.5 Å². The Kier molecular flexibility index (Phi) is 12.7. The van der Waals surface area contributed by atoms with E-state index in [1.807, 2.05) is 7.05 Å². The van der Waals surface area contributed by atoms with E-state index in [1.165, 1.54) is 123 Å². The van der Waals surface area contributed by atoms with E-state index in [1.54, 1.807) is 0 Å². The smallest absolute Gasteiger partial charge is 0.357 e. The van der Waals surface area contributed by atoms with Crippen molar-refractivity contribution < 1.29 is 12.3 Å². The van der Waals surface area contributed by atoms with Crippen LogP contribution in [0.4, 0.5) is 5.69 Å². The van der Waals surface area contributed by atoms with Crippen LogP contribution in [0, 0.1) is 0 Å². The third-order valence-electron chi connectivity index (χ3n) is 12.5. The zero-order valence-electron chi connectivity index (χ0n) is 33.9. The Morgan fingerprint density at radius 3 is 1.82 bits per heavy atom. The molecule has 2 atom stereocenters. The quantitative estimate of drug-likeness (QED) is 0.0594. The Morgan fingerprint density at radius 1 is 0.745 bits per heavy atom. The monoisotopic (exact) mass is 718 g/mol. The first-order valence-corrected chi connectivity index (χ1v) is 22.2. The molecule has 282 valence electrons. The minimum absolute atomic E-state index is 0.140. The van der Waals surface area contributed by atoms with Gasteiger partial charge in [-0.05, 0) is 72.0 Å². The molecule has 3 aliphatic rings. The van der Waals surface area contributed by atoms with Crippen LogP contribution in [0.15, 0.2) is 36.4 Å². The Balaban J connectivity index is 1.23. The lowest BCUT2D eigenvalue weighted by molar-refractivity contribution is -0.722. The lowest BCUT2D eigenvalue weighted by atomic mass is 9.71. The second-order valence-corrected chi connectivity index (χ2v) is 19.8. The highest BCUT2D eigenvalue weighted by atomic mass is 32.2. The van der Waals surface area contributed by atoms with E-state index in [9.17, 15) is 8.42 Å². The Bertz CT molecular complexity index is 1800. The van der Waals surface area contributed by atoms with E-state index in [0.29, 0.717) is 6.54 Å². The summed E-state index contributed by atoms with van der Waals surface area (Å²) in [5.74, 6) is 0. The molecule has 0 radical (unpaired) electrons. The van der Waals surface area contributed by atoms with Gasteiger partial charge in [-0.15, -0.1) is 0 Å². The third-order valence-corrected chi connectivity index (χ3v) is 15.2. The van der Waals surface area contributed by atoms with Gasteiger partial charge >= 0.3 is 10.0 Å². The van der Waals surface area contributed by atoms with E-state index in [4.69, 9.17) is 0 Å².